The highest BCUT2D eigenvalue weighted by Gasteiger charge is 2.57. The summed E-state index contributed by atoms with van der Waals surface area (Å²) in [6.07, 6.45) is 7.91. The van der Waals surface area contributed by atoms with Gasteiger partial charge in [0.1, 0.15) is 11.9 Å². The van der Waals surface area contributed by atoms with Crippen molar-refractivity contribution in [1.82, 2.24) is 29.7 Å². The number of aryl methyl sites for hydroxylation is 1. The summed E-state index contributed by atoms with van der Waals surface area (Å²) in [6.45, 7) is 1.59. The Morgan fingerprint density at radius 3 is 2.50 bits per heavy atom. The fourth-order valence-corrected chi connectivity index (χ4v) is 5.84. The Kier molecular flexibility index (Phi) is 5.61. The van der Waals surface area contributed by atoms with Crippen LogP contribution in [0.5, 0.6) is 0 Å². The number of nitrogens with one attached hydrogen (secondary N) is 1. The standard InChI is InChI=1S/C30H26N8O2/c1-36-14-22(13-33-36)20-9-23(28-21(10-31)12-34-38(28)15-20)19-7-8-26(32-11-19)37-16-24-25(17-37)27(24)35-30(40)29(39)18-5-3-2-4-6-18/h2-9,11-15,24-25,27,29,39H,16-17H2,1H3,(H,35,40)/t24-,25-,29+/m0/s1. The van der Waals surface area contributed by atoms with Gasteiger partial charge < -0.3 is 15.3 Å². The minimum Gasteiger partial charge on any atom is -0.378 e. The van der Waals surface area contributed by atoms with E-state index in [1.54, 1.807) is 33.7 Å². The molecule has 5 heterocycles. The number of anilines is 1. The molecule has 0 unspecified atom stereocenters. The number of amides is 1. The molecule has 40 heavy (non-hydrogen) atoms. The van der Waals surface area contributed by atoms with Crippen LogP contribution in [0.1, 0.15) is 17.2 Å². The van der Waals surface area contributed by atoms with E-state index in [1.165, 1.54) is 0 Å². The van der Waals surface area contributed by atoms with Gasteiger partial charge in [-0.3, -0.25) is 9.48 Å². The third-order valence-electron chi connectivity index (χ3n) is 8.02. The number of hydrogen-bond donors (Lipinski definition) is 2. The lowest BCUT2D eigenvalue weighted by Crippen LogP contribution is -2.37. The number of benzene rings is 1. The van der Waals surface area contributed by atoms with E-state index in [1.807, 2.05) is 62.0 Å². The van der Waals surface area contributed by atoms with Crippen molar-refractivity contribution in [2.24, 2.45) is 18.9 Å². The summed E-state index contributed by atoms with van der Waals surface area (Å²) >= 11 is 0. The summed E-state index contributed by atoms with van der Waals surface area (Å²) in [4.78, 5) is 19.6. The molecular weight excluding hydrogens is 504 g/mol. The van der Waals surface area contributed by atoms with E-state index in [4.69, 9.17) is 4.98 Å². The van der Waals surface area contributed by atoms with Crippen molar-refractivity contribution in [3.63, 3.8) is 0 Å². The summed E-state index contributed by atoms with van der Waals surface area (Å²) in [7, 11) is 1.87. The zero-order valence-corrected chi connectivity index (χ0v) is 21.7. The molecule has 1 amide bonds. The lowest BCUT2D eigenvalue weighted by atomic mass is 10.0. The Hall–Kier alpha value is -5.01. The van der Waals surface area contributed by atoms with Crippen molar-refractivity contribution in [1.29, 1.82) is 5.26 Å². The molecule has 5 aromatic rings. The maximum Gasteiger partial charge on any atom is 0.253 e. The van der Waals surface area contributed by atoms with Gasteiger partial charge in [0.15, 0.2) is 6.10 Å². The molecule has 1 aromatic carbocycles. The van der Waals surface area contributed by atoms with E-state index in [0.29, 0.717) is 23.0 Å². The fraction of sp³-hybridized carbons (Fsp3) is 0.233. The second-order valence-electron chi connectivity index (χ2n) is 10.5. The Morgan fingerprint density at radius 1 is 1.02 bits per heavy atom. The van der Waals surface area contributed by atoms with Crippen LogP contribution in [0.4, 0.5) is 5.82 Å². The highest BCUT2D eigenvalue weighted by atomic mass is 16.3. The van der Waals surface area contributed by atoms with Crippen LogP contribution >= 0.6 is 0 Å². The van der Waals surface area contributed by atoms with E-state index in [-0.39, 0.29) is 11.9 Å². The molecule has 7 rings (SSSR count). The van der Waals surface area contributed by atoms with Gasteiger partial charge in [0.25, 0.3) is 5.91 Å². The van der Waals surface area contributed by atoms with E-state index in [0.717, 1.165) is 46.7 Å². The van der Waals surface area contributed by atoms with Gasteiger partial charge in [-0.05, 0) is 23.8 Å². The number of pyridine rings is 2. The number of carbonyl (C=O) groups is 1. The first-order valence-corrected chi connectivity index (χ1v) is 13.2. The SMILES string of the molecule is Cn1cc(-c2cc(-c3ccc(N4C[C@@H]5C(NC(=O)[C@H](O)c6ccccc6)[C@H]5C4)nc3)c3c(C#N)cnn3c2)cn1. The lowest BCUT2D eigenvalue weighted by Gasteiger charge is -2.22. The molecule has 1 aliphatic heterocycles. The number of piperidine rings is 1. The smallest absolute Gasteiger partial charge is 0.253 e. The highest BCUT2D eigenvalue weighted by molar-refractivity contribution is 5.87. The Labute approximate surface area is 230 Å². The molecule has 3 atom stereocenters. The van der Waals surface area contributed by atoms with Crippen molar-refractivity contribution in [3.05, 3.63) is 90.6 Å². The minimum absolute atomic E-state index is 0.0798. The molecule has 1 aliphatic carbocycles. The topological polar surface area (TPSA) is 124 Å². The number of aliphatic hydroxyl groups is 1. The van der Waals surface area contributed by atoms with Gasteiger partial charge >= 0.3 is 0 Å². The van der Waals surface area contributed by atoms with Crippen LogP contribution in [-0.4, -0.2) is 54.5 Å². The molecule has 1 saturated heterocycles. The molecule has 0 bridgehead atoms. The quantitative estimate of drug-likeness (QED) is 0.346. The molecule has 10 nitrogen and oxygen atoms in total. The number of nitrogens with zero attached hydrogens (tertiary/aromatic N) is 7. The summed E-state index contributed by atoms with van der Waals surface area (Å²) in [5.74, 6) is 1.21. The molecule has 1 saturated carbocycles. The summed E-state index contributed by atoms with van der Waals surface area (Å²) in [6, 6.07) is 17.4. The summed E-state index contributed by atoms with van der Waals surface area (Å²) in [5, 5.41) is 31.8. The Bertz CT molecular complexity index is 1760. The van der Waals surface area contributed by atoms with Gasteiger partial charge in [0, 0.05) is 78.9 Å². The monoisotopic (exact) mass is 530 g/mol. The maximum absolute atomic E-state index is 12.6. The maximum atomic E-state index is 12.6. The van der Waals surface area contributed by atoms with Gasteiger partial charge in [0.05, 0.1) is 23.5 Å². The van der Waals surface area contributed by atoms with Crippen LogP contribution in [0.15, 0.2) is 79.5 Å². The predicted molar refractivity (Wildman–Crippen MR) is 148 cm³/mol. The van der Waals surface area contributed by atoms with E-state index >= 15 is 0 Å². The molecular formula is C30H26N8O2. The Balaban J connectivity index is 1.07. The number of hydrogen-bond acceptors (Lipinski definition) is 7. The van der Waals surface area contributed by atoms with Crippen molar-refractivity contribution in [2.75, 3.05) is 18.0 Å². The van der Waals surface area contributed by atoms with Crippen LogP contribution in [0, 0.1) is 23.2 Å². The highest BCUT2D eigenvalue weighted by Crippen LogP contribution is 2.47. The molecule has 2 aliphatic rings. The molecule has 2 N–H and O–H groups in total. The number of aromatic nitrogens is 5. The van der Waals surface area contributed by atoms with Crippen LogP contribution in [0.3, 0.4) is 0 Å². The number of carbonyl (C=O) groups excluding carboxylic acids is 1. The van der Waals surface area contributed by atoms with Crippen LogP contribution < -0.4 is 10.2 Å². The first-order valence-electron chi connectivity index (χ1n) is 13.2. The molecule has 4 aromatic heterocycles. The summed E-state index contributed by atoms with van der Waals surface area (Å²) in [5.41, 5.74) is 5.50. The number of nitriles is 1. The molecule has 2 fully saturated rings. The fourth-order valence-electron chi connectivity index (χ4n) is 5.84. The van der Waals surface area contributed by atoms with Crippen LogP contribution in [-0.2, 0) is 11.8 Å². The van der Waals surface area contributed by atoms with Crippen LogP contribution in [0.2, 0.25) is 0 Å². The first kappa shape index (κ1) is 24.1. The van der Waals surface area contributed by atoms with Gasteiger partial charge in [-0.25, -0.2) is 9.50 Å². The van der Waals surface area contributed by atoms with E-state index < -0.39 is 6.10 Å². The van der Waals surface area contributed by atoms with Crippen molar-refractivity contribution < 1.29 is 9.90 Å². The number of fused-ring (bicyclic) bond motifs is 2. The molecule has 0 radical (unpaired) electrons. The molecule has 198 valence electrons. The second kappa shape index (κ2) is 9.32. The zero-order valence-electron chi connectivity index (χ0n) is 21.7. The van der Waals surface area contributed by atoms with Gasteiger partial charge in [-0.2, -0.15) is 15.5 Å². The van der Waals surface area contributed by atoms with Crippen LogP contribution in [0.25, 0.3) is 27.8 Å². The Morgan fingerprint density at radius 2 is 1.82 bits per heavy atom. The van der Waals surface area contributed by atoms with Gasteiger partial charge in [-0.1, -0.05) is 30.3 Å². The molecule has 0 spiro atoms. The minimum atomic E-state index is -1.16. The third kappa shape index (κ3) is 4.08. The van der Waals surface area contributed by atoms with Crippen molar-refractivity contribution in [2.45, 2.75) is 12.1 Å². The first-order chi connectivity index (χ1) is 19.5. The normalized spacial score (nSPS) is 20.2. The lowest BCUT2D eigenvalue weighted by molar-refractivity contribution is -0.129. The average molecular weight is 531 g/mol. The number of aliphatic hydroxyl groups excluding tert-OH is 1. The third-order valence-corrected chi connectivity index (χ3v) is 8.02. The predicted octanol–water partition coefficient (Wildman–Crippen LogP) is 2.95. The van der Waals surface area contributed by atoms with Crippen molar-refractivity contribution in [3.8, 4) is 28.3 Å². The number of rotatable bonds is 6. The van der Waals surface area contributed by atoms with E-state index in [2.05, 4.69) is 26.5 Å². The van der Waals surface area contributed by atoms with Crippen molar-refractivity contribution >= 4 is 17.2 Å². The largest absolute Gasteiger partial charge is 0.378 e. The average Bonchev–Trinajstić information content (AvgIpc) is 3.44. The summed E-state index contributed by atoms with van der Waals surface area (Å²) < 4.78 is 3.49. The second-order valence-corrected chi connectivity index (χ2v) is 10.5. The van der Waals surface area contributed by atoms with Gasteiger partial charge in [0.2, 0.25) is 0 Å². The zero-order chi connectivity index (χ0) is 27.4. The molecule has 10 heteroatoms. The van der Waals surface area contributed by atoms with Gasteiger partial charge in [-0.15, -0.1) is 0 Å². The van der Waals surface area contributed by atoms with E-state index in [9.17, 15) is 15.2 Å².